The van der Waals surface area contributed by atoms with Gasteiger partial charge in [0.1, 0.15) is 0 Å². The first-order valence-electron chi connectivity index (χ1n) is 6.36. The Morgan fingerprint density at radius 3 is 2.58 bits per heavy atom. The first kappa shape index (κ1) is 16.1. The largest absolute Gasteiger partial charge is 0.309 e. The van der Waals surface area contributed by atoms with Crippen LogP contribution >= 0.6 is 0 Å². The van der Waals surface area contributed by atoms with Crippen LogP contribution in [-0.4, -0.2) is 36.5 Å². The molecule has 0 amide bonds. The van der Waals surface area contributed by atoms with Crippen LogP contribution in [0.4, 0.5) is 0 Å². The summed E-state index contributed by atoms with van der Waals surface area (Å²) in [7, 11) is -3.19. The summed E-state index contributed by atoms with van der Waals surface area (Å²) in [5, 5.41) is 7.63. The third-order valence-corrected chi connectivity index (χ3v) is 3.54. The van der Waals surface area contributed by atoms with Gasteiger partial charge in [0.15, 0.2) is 0 Å². The molecule has 1 aromatic rings. The number of nitrogens with one attached hydrogen (secondary N) is 2. The summed E-state index contributed by atoms with van der Waals surface area (Å²) in [4.78, 5) is 0. The first-order valence-corrected chi connectivity index (χ1v) is 8.25. The molecule has 7 heteroatoms. The van der Waals surface area contributed by atoms with Crippen molar-refractivity contribution in [3.63, 3.8) is 0 Å². The topological polar surface area (TPSA) is 76.0 Å². The van der Waals surface area contributed by atoms with Crippen molar-refractivity contribution in [3.05, 3.63) is 17.5 Å². The van der Waals surface area contributed by atoms with Crippen LogP contribution in [0.15, 0.2) is 6.07 Å². The predicted molar refractivity (Wildman–Crippen MR) is 76.4 cm³/mol. The lowest BCUT2D eigenvalue weighted by atomic mass is 10.1. The molecule has 0 atom stereocenters. The lowest BCUT2D eigenvalue weighted by molar-refractivity contribution is 0.416. The highest BCUT2D eigenvalue weighted by Crippen LogP contribution is 2.05. The Balaban J connectivity index is 2.54. The Morgan fingerprint density at radius 2 is 2.05 bits per heavy atom. The molecule has 6 nitrogen and oxygen atoms in total. The molecule has 0 bridgehead atoms. The van der Waals surface area contributed by atoms with Gasteiger partial charge in [0.2, 0.25) is 10.0 Å². The zero-order valence-corrected chi connectivity index (χ0v) is 13.1. The summed E-state index contributed by atoms with van der Waals surface area (Å²) in [6.45, 7) is 9.76. The second kappa shape index (κ2) is 6.02. The molecule has 0 aliphatic rings. The van der Waals surface area contributed by atoms with Gasteiger partial charge < -0.3 is 5.32 Å². The summed E-state index contributed by atoms with van der Waals surface area (Å²) >= 11 is 0. The number of hydrogen-bond acceptors (Lipinski definition) is 4. The van der Waals surface area contributed by atoms with E-state index in [9.17, 15) is 8.42 Å². The molecule has 0 saturated carbocycles. The smallest absolute Gasteiger partial charge is 0.209 e. The van der Waals surface area contributed by atoms with E-state index in [1.54, 1.807) is 0 Å². The van der Waals surface area contributed by atoms with Crippen molar-refractivity contribution in [2.75, 3.05) is 12.8 Å². The number of aromatic nitrogens is 2. The minimum absolute atomic E-state index is 0.514. The molecule has 0 aliphatic heterocycles. The fourth-order valence-electron chi connectivity index (χ4n) is 2.06. The monoisotopic (exact) mass is 288 g/mol. The molecule has 110 valence electrons. The van der Waals surface area contributed by atoms with Crippen molar-refractivity contribution in [2.24, 2.45) is 0 Å². The fourth-order valence-corrected chi connectivity index (χ4v) is 3.13. The average Bonchev–Trinajstić information content (AvgIpc) is 2.55. The molecular formula is C12H24N4O2S. The van der Waals surface area contributed by atoms with Crippen molar-refractivity contribution < 1.29 is 8.42 Å². The second-order valence-corrected chi connectivity index (χ2v) is 7.20. The van der Waals surface area contributed by atoms with Gasteiger partial charge in [0, 0.05) is 25.2 Å². The molecule has 1 rings (SSSR count). The number of nitrogens with zero attached hydrogens (tertiary/aromatic N) is 2. The molecule has 19 heavy (non-hydrogen) atoms. The minimum atomic E-state index is -3.19. The highest BCUT2D eigenvalue weighted by molar-refractivity contribution is 7.88. The van der Waals surface area contributed by atoms with E-state index in [4.69, 9.17) is 0 Å². The maximum Gasteiger partial charge on any atom is 0.209 e. The van der Waals surface area contributed by atoms with E-state index in [0.29, 0.717) is 13.1 Å². The first-order chi connectivity index (χ1) is 8.63. The zero-order chi connectivity index (χ0) is 14.7. The van der Waals surface area contributed by atoms with Gasteiger partial charge in [-0.3, -0.25) is 4.68 Å². The standard InChI is InChI=1S/C12H24N4O2S/c1-6-16-11(7-10(2)14-16)8-13-9-12(3,4)15-19(5,17)18/h7,13,15H,6,8-9H2,1-5H3. The van der Waals surface area contributed by atoms with Crippen molar-refractivity contribution in [1.82, 2.24) is 19.8 Å². The SMILES string of the molecule is CCn1nc(C)cc1CNCC(C)(C)NS(C)(=O)=O. The third kappa shape index (κ3) is 5.71. The van der Waals surface area contributed by atoms with Crippen molar-refractivity contribution >= 4 is 10.0 Å². The van der Waals surface area contributed by atoms with Gasteiger partial charge in [-0.1, -0.05) is 0 Å². The van der Waals surface area contributed by atoms with Gasteiger partial charge in [-0.25, -0.2) is 13.1 Å². The van der Waals surface area contributed by atoms with E-state index in [2.05, 4.69) is 15.1 Å². The molecular weight excluding hydrogens is 264 g/mol. The quantitative estimate of drug-likeness (QED) is 0.771. The molecule has 0 spiro atoms. The van der Waals surface area contributed by atoms with Gasteiger partial charge in [0.05, 0.1) is 17.6 Å². The average molecular weight is 288 g/mol. The van der Waals surface area contributed by atoms with E-state index in [0.717, 1.165) is 17.9 Å². The van der Waals surface area contributed by atoms with Gasteiger partial charge in [-0.05, 0) is 33.8 Å². The maximum atomic E-state index is 11.2. The summed E-state index contributed by atoms with van der Waals surface area (Å²) in [6.07, 6.45) is 1.17. The van der Waals surface area contributed by atoms with E-state index < -0.39 is 15.6 Å². The summed E-state index contributed by atoms with van der Waals surface area (Å²) in [5.41, 5.74) is 1.59. The maximum absolute atomic E-state index is 11.2. The van der Waals surface area contributed by atoms with Crippen LogP contribution in [0.1, 0.15) is 32.2 Å². The van der Waals surface area contributed by atoms with Gasteiger partial charge in [-0.15, -0.1) is 0 Å². The van der Waals surface area contributed by atoms with Crippen LogP contribution < -0.4 is 10.0 Å². The van der Waals surface area contributed by atoms with Crippen molar-refractivity contribution in [2.45, 2.75) is 46.3 Å². The Kier molecular flexibility index (Phi) is 5.11. The van der Waals surface area contributed by atoms with Crippen LogP contribution in [0.3, 0.4) is 0 Å². The van der Waals surface area contributed by atoms with Crippen LogP contribution in [0.5, 0.6) is 0 Å². The molecule has 0 unspecified atom stereocenters. The van der Waals surface area contributed by atoms with Crippen molar-refractivity contribution in [1.29, 1.82) is 0 Å². The second-order valence-electron chi connectivity index (χ2n) is 5.45. The fraction of sp³-hybridized carbons (Fsp3) is 0.750. The molecule has 2 N–H and O–H groups in total. The molecule has 0 aromatic carbocycles. The van der Waals surface area contributed by atoms with E-state index in [1.807, 2.05) is 38.4 Å². The van der Waals surface area contributed by atoms with Gasteiger partial charge in [-0.2, -0.15) is 5.10 Å². The Morgan fingerprint density at radius 1 is 1.42 bits per heavy atom. The lowest BCUT2D eigenvalue weighted by Crippen LogP contribution is -2.49. The Hall–Kier alpha value is -0.920. The summed E-state index contributed by atoms with van der Waals surface area (Å²) in [5.74, 6) is 0. The number of hydrogen-bond donors (Lipinski definition) is 2. The van der Waals surface area contributed by atoms with Gasteiger partial charge >= 0.3 is 0 Å². The number of sulfonamides is 1. The van der Waals surface area contributed by atoms with Crippen LogP contribution in [0.2, 0.25) is 0 Å². The van der Waals surface area contributed by atoms with E-state index in [-0.39, 0.29) is 0 Å². The van der Waals surface area contributed by atoms with E-state index >= 15 is 0 Å². The number of rotatable bonds is 7. The lowest BCUT2D eigenvalue weighted by Gasteiger charge is -2.25. The van der Waals surface area contributed by atoms with Crippen LogP contribution in [-0.2, 0) is 23.1 Å². The highest BCUT2D eigenvalue weighted by atomic mass is 32.2. The summed E-state index contributed by atoms with van der Waals surface area (Å²) < 4.78 is 27.0. The Labute approximate surface area is 115 Å². The van der Waals surface area contributed by atoms with Crippen LogP contribution in [0, 0.1) is 6.92 Å². The van der Waals surface area contributed by atoms with Gasteiger partial charge in [0.25, 0.3) is 0 Å². The molecule has 0 radical (unpaired) electrons. The van der Waals surface area contributed by atoms with Crippen LogP contribution in [0.25, 0.3) is 0 Å². The molecule has 0 fully saturated rings. The molecule has 0 aliphatic carbocycles. The number of aryl methyl sites for hydroxylation is 2. The van der Waals surface area contributed by atoms with Crippen molar-refractivity contribution in [3.8, 4) is 0 Å². The molecule has 1 aromatic heterocycles. The zero-order valence-electron chi connectivity index (χ0n) is 12.3. The predicted octanol–water partition coefficient (Wildman–Crippen LogP) is 0.629. The third-order valence-electron chi connectivity index (χ3n) is 2.62. The van der Waals surface area contributed by atoms with E-state index in [1.165, 1.54) is 6.26 Å². The normalized spacial score (nSPS) is 12.9. The molecule has 0 saturated heterocycles. The Bertz CT molecular complexity index is 520. The highest BCUT2D eigenvalue weighted by Gasteiger charge is 2.21. The molecule has 1 heterocycles. The minimum Gasteiger partial charge on any atom is -0.309 e. The summed E-state index contributed by atoms with van der Waals surface area (Å²) in [6, 6.07) is 2.04.